The average Bonchev–Trinajstić information content (AvgIpc) is 3.73. The second kappa shape index (κ2) is 13.2. The minimum absolute atomic E-state index is 0.0642. The predicted octanol–water partition coefficient (Wildman–Crippen LogP) is 5.61. The predicted molar refractivity (Wildman–Crippen MR) is 166 cm³/mol. The van der Waals surface area contributed by atoms with Gasteiger partial charge in [0.1, 0.15) is 41.4 Å². The lowest BCUT2D eigenvalue weighted by Crippen LogP contribution is -2.35. The minimum Gasteiger partial charge on any atom is -0.489 e. The van der Waals surface area contributed by atoms with E-state index in [1.165, 1.54) is 44.1 Å². The van der Waals surface area contributed by atoms with Gasteiger partial charge < -0.3 is 35.3 Å². The lowest BCUT2D eigenvalue weighted by molar-refractivity contribution is -0.137. The molecule has 0 aliphatic carbocycles. The zero-order chi connectivity index (χ0) is 33.0. The number of hydrogen-bond donors (Lipinski definition) is 4. The van der Waals surface area contributed by atoms with Gasteiger partial charge in [0.15, 0.2) is 11.5 Å². The highest BCUT2D eigenvalue weighted by atomic mass is 19.4. The molecule has 13 nitrogen and oxygen atoms in total. The largest absolute Gasteiger partial charge is 0.489 e. The molecule has 0 bridgehead atoms. The van der Waals surface area contributed by atoms with Crippen LogP contribution >= 0.6 is 0 Å². The van der Waals surface area contributed by atoms with Gasteiger partial charge in [-0.15, -0.1) is 0 Å². The summed E-state index contributed by atoms with van der Waals surface area (Å²) < 4.78 is 52.7. The second-order valence-corrected chi connectivity index (χ2v) is 10.5. The molecule has 0 radical (unpaired) electrons. The number of nitrogens with zero attached hydrogens (tertiary/aromatic N) is 5. The lowest BCUT2D eigenvalue weighted by atomic mass is 10.1. The van der Waals surface area contributed by atoms with Gasteiger partial charge in [0.2, 0.25) is 0 Å². The van der Waals surface area contributed by atoms with Crippen LogP contribution < -0.4 is 30.3 Å². The summed E-state index contributed by atoms with van der Waals surface area (Å²) in [6.45, 7) is 0.806. The molecule has 1 fully saturated rings. The summed E-state index contributed by atoms with van der Waals surface area (Å²) in [4.78, 5) is 46.8. The molecular weight excluding hydrogens is 619 g/mol. The molecule has 2 aromatic carbocycles. The molecule has 0 saturated carbocycles. The smallest absolute Gasteiger partial charge is 0.416 e. The Kier molecular flexibility index (Phi) is 8.73. The fraction of sp³-hybridized carbons (Fsp3) is 0.226. The number of aromatic nitrogens is 5. The monoisotopic (exact) mass is 647 g/mol. The highest BCUT2D eigenvalue weighted by Crippen LogP contribution is 2.36. The summed E-state index contributed by atoms with van der Waals surface area (Å²) in [6, 6.07) is 11.3. The van der Waals surface area contributed by atoms with Gasteiger partial charge in [-0.05, 0) is 49.2 Å². The summed E-state index contributed by atoms with van der Waals surface area (Å²) in [6.07, 6.45) is 1.35. The standard InChI is InChI=1S/C31H28F3N9O4/c1-35-29(44)24-14-22(9-10-36-24)47-21-6-2-4-19(13-21)41-30(45)42-23-12-18(31(32,33)34)7-8-25(23)46-15-20-5-3-11-43(20)28-26-27(38-16-37-26)39-17-40-28/h2,4,6-10,12-14,16-17,20H,3,5,11,15H2,1H3,(H,35,44)(H2,41,42,45)(H,37,38,39,40). The van der Waals surface area contributed by atoms with Crippen molar-refractivity contribution in [2.45, 2.75) is 25.1 Å². The maximum atomic E-state index is 13.6. The van der Waals surface area contributed by atoms with E-state index in [2.05, 4.69) is 40.9 Å². The molecule has 6 rings (SSSR count). The van der Waals surface area contributed by atoms with Crippen LogP contribution in [0.3, 0.4) is 0 Å². The lowest BCUT2D eigenvalue weighted by Gasteiger charge is -2.26. The number of carbonyl (C=O) groups excluding carboxylic acids is 2. The van der Waals surface area contributed by atoms with E-state index in [1.807, 2.05) is 4.90 Å². The summed E-state index contributed by atoms with van der Waals surface area (Å²) in [7, 11) is 1.48. The average molecular weight is 648 g/mol. The Bertz CT molecular complexity index is 1920. The number of benzene rings is 2. The van der Waals surface area contributed by atoms with Gasteiger partial charge >= 0.3 is 12.2 Å². The van der Waals surface area contributed by atoms with Crippen LogP contribution in [0.1, 0.15) is 28.9 Å². The Morgan fingerprint density at radius 2 is 1.87 bits per heavy atom. The van der Waals surface area contributed by atoms with Crippen molar-refractivity contribution in [3.63, 3.8) is 0 Å². The molecule has 4 N–H and O–H groups in total. The highest BCUT2D eigenvalue weighted by Gasteiger charge is 2.32. The molecular formula is C31H28F3N9O4. The summed E-state index contributed by atoms with van der Waals surface area (Å²) in [5.41, 5.74) is 0.537. The summed E-state index contributed by atoms with van der Waals surface area (Å²) in [5, 5.41) is 7.58. The number of hydrogen-bond acceptors (Lipinski definition) is 9. The molecule has 4 heterocycles. The van der Waals surface area contributed by atoms with Gasteiger partial charge in [-0.1, -0.05) is 6.07 Å². The van der Waals surface area contributed by atoms with Crippen LogP contribution in [0.25, 0.3) is 11.2 Å². The van der Waals surface area contributed by atoms with Crippen molar-refractivity contribution in [1.82, 2.24) is 30.2 Å². The fourth-order valence-electron chi connectivity index (χ4n) is 5.15. The Labute approximate surface area is 265 Å². The number of aromatic amines is 1. The fourth-order valence-corrected chi connectivity index (χ4v) is 5.15. The molecule has 0 spiro atoms. The van der Waals surface area contributed by atoms with E-state index >= 15 is 0 Å². The van der Waals surface area contributed by atoms with E-state index < -0.39 is 17.8 Å². The zero-order valence-electron chi connectivity index (χ0n) is 24.8. The number of halogens is 3. The van der Waals surface area contributed by atoms with E-state index in [0.29, 0.717) is 40.7 Å². The first-order chi connectivity index (χ1) is 22.7. The van der Waals surface area contributed by atoms with E-state index in [4.69, 9.17) is 9.47 Å². The first kappa shape index (κ1) is 31.1. The van der Waals surface area contributed by atoms with Gasteiger partial charge in [-0.3, -0.25) is 9.78 Å². The van der Waals surface area contributed by atoms with Gasteiger partial charge in [0.25, 0.3) is 5.91 Å². The number of fused-ring (bicyclic) bond motifs is 1. The van der Waals surface area contributed by atoms with Gasteiger partial charge in [0.05, 0.1) is 23.6 Å². The molecule has 1 atom stereocenters. The van der Waals surface area contributed by atoms with Crippen LogP contribution in [0.2, 0.25) is 0 Å². The Morgan fingerprint density at radius 3 is 2.70 bits per heavy atom. The third kappa shape index (κ3) is 7.16. The number of rotatable bonds is 9. The number of nitrogens with one attached hydrogen (secondary N) is 4. The minimum atomic E-state index is -4.65. The Morgan fingerprint density at radius 1 is 1.02 bits per heavy atom. The zero-order valence-corrected chi connectivity index (χ0v) is 24.8. The number of anilines is 3. The van der Waals surface area contributed by atoms with Gasteiger partial charge in [0, 0.05) is 37.6 Å². The van der Waals surface area contributed by atoms with Crippen LogP contribution in [-0.4, -0.2) is 63.1 Å². The van der Waals surface area contributed by atoms with Crippen molar-refractivity contribution >= 4 is 40.3 Å². The van der Waals surface area contributed by atoms with Crippen LogP contribution in [0, 0.1) is 0 Å². The summed E-state index contributed by atoms with van der Waals surface area (Å²) in [5.74, 6) is 0.975. The van der Waals surface area contributed by atoms with Crippen molar-refractivity contribution in [2.75, 3.05) is 35.7 Å². The number of urea groups is 1. The van der Waals surface area contributed by atoms with Crippen molar-refractivity contribution in [3.8, 4) is 17.2 Å². The number of carbonyl (C=O) groups is 2. The number of pyridine rings is 1. The number of alkyl halides is 3. The number of imidazole rings is 1. The molecule has 1 aliphatic rings. The Hall–Kier alpha value is -5.93. The Balaban J connectivity index is 1.16. The quantitative estimate of drug-likeness (QED) is 0.160. The topological polar surface area (TPSA) is 159 Å². The second-order valence-electron chi connectivity index (χ2n) is 10.5. The molecule has 242 valence electrons. The molecule has 3 amide bonds. The van der Waals surface area contributed by atoms with Gasteiger partial charge in [-0.25, -0.2) is 19.7 Å². The third-order valence-electron chi connectivity index (χ3n) is 7.35. The van der Waals surface area contributed by atoms with Crippen LogP contribution in [0.4, 0.5) is 35.2 Å². The number of ether oxygens (including phenoxy) is 2. The maximum Gasteiger partial charge on any atom is 0.416 e. The first-order valence-electron chi connectivity index (χ1n) is 14.5. The van der Waals surface area contributed by atoms with Crippen LogP contribution in [0.5, 0.6) is 17.2 Å². The molecule has 16 heteroatoms. The molecule has 3 aromatic heterocycles. The highest BCUT2D eigenvalue weighted by molar-refractivity contribution is 6.01. The van der Waals surface area contributed by atoms with Crippen molar-refractivity contribution < 1.29 is 32.2 Å². The molecule has 5 aromatic rings. The van der Waals surface area contributed by atoms with Crippen molar-refractivity contribution in [2.24, 2.45) is 0 Å². The van der Waals surface area contributed by atoms with Crippen LogP contribution in [-0.2, 0) is 6.18 Å². The number of H-pyrrole nitrogens is 1. The molecule has 1 saturated heterocycles. The van der Waals surface area contributed by atoms with E-state index in [9.17, 15) is 22.8 Å². The maximum absolute atomic E-state index is 13.6. The first-order valence-corrected chi connectivity index (χ1v) is 14.5. The van der Waals surface area contributed by atoms with Crippen molar-refractivity contribution in [3.05, 3.63) is 84.7 Å². The SMILES string of the molecule is CNC(=O)c1cc(Oc2cccc(NC(=O)Nc3cc(C(F)(F)F)ccc3OCC3CCCN3c3ncnc4[nH]cnc34)c2)ccn1. The third-order valence-corrected chi connectivity index (χ3v) is 7.35. The molecule has 1 unspecified atom stereocenters. The van der Waals surface area contributed by atoms with E-state index in [-0.39, 0.29) is 35.7 Å². The van der Waals surface area contributed by atoms with Gasteiger partial charge in [-0.2, -0.15) is 13.2 Å². The number of amides is 3. The van der Waals surface area contributed by atoms with E-state index in [1.54, 1.807) is 24.3 Å². The molecule has 47 heavy (non-hydrogen) atoms. The van der Waals surface area contributed by atoms with E-state index in [0.717, 1.165) is 25.0 Å². The normalized spacial score (nSPS) is 14.6. The van der Waals surface area contributed by atoms with Crippen molar-refractivity contribution in [1.29, 1.82) is 0 Å². The van der Waals surface area contributed by atoms with Crippen LogP contribution in [0.15, 0.2) is 73.4 Å². The molecule has 1 aliphatic heterocycles. The summed E-state index contributed by atoms with van der Waals surface area (Å²) >= 11 is 0.